The molecule has 1 aliphatic carbocycles. The highest BCUT2D eigenvalue weighted by molar-refractivity contribution is 7.62. The molecule has 0 amide bonds. The summed E-state index contributed by atoms with van der Waals surface area (Å²) in [5, 5.41) is 1.68. The molecule has 0 aromatic heterocycles. The molecule has 1 rings (SSSR count). The van der Waals surface area contributed by atoms with Crippen LogP contribution in [0.2, 0.25) is 0 Å². The Hall–Kier alpha value is -0.0900. The molecule has 0 fully saturated rings. The highest BCUT2D eigenvalue weighted by atomic mass is 31.1. The van der Waals surface area contributed by atoms with Crippen LogP contribution in [-0.2, 0) is 0 Å². The summed E-state index contributed by atoms with van der Waals surface area (Å²) < 4.78 is 0. The topological polar surface area (TPSA) is 0 Å². The molecule has 0 bridgehead atoms. The predicted octanol–water partition coefficient (Wildman–Crippen LogP) is 4.91. The van der Waals surface area contributed by atoms with Crippen LogP contribution >= 0.6 is 7.92 Å². The summed E-state index contributed by atoms with van der Waals surface area (Å²) in [6, 6.07) is 0. The standard InChI is InChI=1S/C13H23P/c1-3-5-11-14(12-6-4-2)13-9-7-8-10-13/h7,9-10H,3-6,8,11-12H2,1-2H3. The molecule has 0 heterocycles. The van der Waals surface area contributed by atoms with E-state index in [0.717, 1.165) is 0 Å². The van der Waals surface area contributed by atoms with Gasteiger partial charge in [-0.05, 0) is 36.9 Å². The van der Waals surface area contributed by atoms with Crippen molar-refractivity contribution in [3.8, 4) is 0 Å². The van der Waals surface area contributed by atoms with Gasteiger partial charge in [-0.3, -0.25) is 0 Å². The van der Waals surface area contributed by atoms with Gasteiger partial charge in [0.15, 0.2) is 0 Å². The average Bonchev–Trinajstić information content (AvgIpc) is 2.71. The van der Waals surface area contributed by atoms with Crippen molar-refractivity contribution in [3.63, 3.8) is 0 Å². The molecule has 0 saturated carbocycles. The van der Waals surface area contributed by atoms with E-state index in [1.807, 2.05) is 0 Å². The molecule has 0 aliphatic heterocycles. The third-order valence-electron chi connectivity index (χ3n) is 2.68. The lowest BCUT2D eigenvalue weighted by atomic mass is 10.4. The summed E-state index contributed by atoms with van der Waals surface area (Å²) in [6.45, 7) is 4.60. The van der Waals surface area contributed by atoms with Gasteiger partial charge in [0.1, 0.15) is 0 Å². The van der Waals surface area contributed by atoms with E-state index in [2.05, 4.69) is 32.1 Å². The largest absolute Gasteiger partial charge is 0.0801 e. The van der Waals surface area contributed by atoms with Gasteiger partial charge in [0.25, 0.3) is 0 Å². The number of allylic oxidation sites excluding steroid dienone is 4. The maximum absolute atomic E-state index is 2.44. The first-order chi connectivity index (χ1) is 6.88. The van der Waals surface area contributed by atoms with Crippen LogP contribution in [0.15, 0.2) is 23.5 Å². The van der Waals surface area contributed by atoms with Crippen molar-refractivity contribution in [1.29, 1.82) is 0 Å². The fourth-order valence-corrected chi connectivity index (χ4v) is 4.56. The molecule has 0 unspecified atom stereocenters. The van der Waals surface area contributed by atoms with Crippen molar-refractivity contribution in [2.24, 2.45) is 0 Å². The fraction of sp³-hybridized carbons (Fsp3) is 0.692. The predicted molar refractivity (Wildman–Crippen MR) is 68.3 cm³/mol. The smallest absolute Gasteiger partial charge is 0.0156 e. The quantitative estimate of drug-likeness (QED) is 0.523. The Kier molecular flexibility index (Phi) is 6.19. The number of unbranched alkanes of at least 4 members (excludes halogenated alkanes) is 2. The third-order valence-corrected chi connectivity index (χ3v) is 5.45. The molecule has 0 radical (unpaired) electrons. The number of rotatable bonds is 7. The Labute approximate surface area is 90.2 Å². The van der Waals surface area contributed by atoms with Crippen LogP contribution in [0.5, 0.6) is 0 Å². The first-order valence-corrected chi connectivity index (χ1v) is 7.71. The second-order valence-corrected chi connectivity index (χ2v) is 6.45. The lowest BCUT2D eigenvalue weighted by Crippen LogP contribution is -1.91. The zero-order chi connectivity index (χ0) is 10.2. The SMILES string of the molecule is CCCCP(CCCC)C1=CCC=C1. The lowest BCUT2D eigenvalue weighted by Gasteiger charge is -2.17. The molecule has 14 heavy (non-hydrogen) atoms. The van der Waals surface area contributed by atoms with Gasteiger partial charge < -0.3 is 0 Å². The summed E-state index contributed by atoms with van der Waals surface area (Å²) in [4.78, 5) is 0. The van der Waals surface area contributed by atoms with Gasteiger partial charge in [-0.2, -0.15) is 0 Å². The van der Waals surface area contributed by atoms with E-state index in [4.69, 9.17) is 0 Å². The summed E-state index contributed by atoms with van der Waals surface area (Å²) in [5.74, 6) is 0. The molecule has 0 atom stereocenters. The molecule has 0 nitrogen and oxygen atoms in total. The van der Waals surface area contributed by atoms with Crippen LogP contribution in [-0.4, -0.2) is 12.3 Å². The van der Waals surface area contributed by atoms with Crippen LogP contribution < -0.4 is 0 Å². The van der Waals surface area contributed by atoms with Crippen molar-refractivity contribution < 1.29 is 0 Å². The van der Waals surface area contributed by atoms with E-state index >= 15 is 0 Å². The van der Waals surface area contributed by atoms with Crippen molar-refractivity contribution >= 4 is 7.92 Å². The molecule has 1 aliphatic rings. The van der Waals surface area contributed by atoms with Gasteiger partial charge in [0, 0.05) is 0 Å². The minimum atomic E-state index is 0.201. The zero-order valence-corrected chi connectivity index (χ0v) is 10.5. The van der Waals surface area contributed by atoms with E-state index in [1.54, 1.807) is 5.31 Å². The fourth-order valence-electron chi connectivity index (χ4n) is 1.75. The molecule has 0 saturated heterocycles. The Morgan fingerprint density at radius 3 is 2.21 bits per heavy atom. The number of hydrogen-bond donors (Lipinski definition) is 0. The minimum Gasteiger partial charge on any atom is -0.0801 e. The van der Waals surface area contributed by atoms with Crippen molar-refractivity contribution in [1.82, 2.24) is 0 Å². The summed E-state index contributed by atoms with van der Waals surface area (Å²) in [5.41, 5.74) is 0. The third kappa shape index (κ3) is 3.96. The van der Waals surface area contributed by atoms with Crippen LogP contribution in [0.1, 0.15) is 46.0 Å². The second-order valence-electron chi connectivity index (χ2n) is 3.96. The van der Waals surface area contributed by atoms with E-state index in [1.165, 1.54) is 44.4 Å². The molecule has 0 aromatic rings. The van der Waals surface area contributed by atoms with Crippen LogP contribution in [0.4, 0.5) is 0 Å². The highest BCUT2D eigenvalue weighted by Gasteiger charge is 2.11. The Balaban J connectivity index is 2.39. The van der Waals surface area contributed by atoms with Gasteiger partial charge in [-0.1, -0.05) is 52.8 Å². The van der Waals surface area contributed by atoms with Gasteiger partial charge >= 0.3 is 0 Å². The van der Waals surface area contributed by atoms with E-state index in [-0.39, 0.29) is 7.92 Å². The average molecular weight is 210 g/mol. The Bertz CT molecular complexity index is 195. The van der Waals surface area contributed by atoms with E-state index in [0.29, 0.717) is 0 Å². The second kappa shape index (κ2) is 7.23. The monoisotopic (exact) mass is 210 g/mol. The van der Waals surface area contributed by atoms with E-state index < -0.39 is 0 Å². The Morgan fingerprint density at radius 1 is 1.14 bits per heavy atom. The molecular weight excluding hydrogens is 187 g/mol. The lowest BCUT2D eigenvalue weighted by molar-refractivity contribution is 0.869. The first-order valence-electron chi connectivity index (χ1n) is 6.00. The summed E-state index contributed by atoms with van der Waals surface area (Å²) >= 11 is 0. The van der Waals surface area contributed by atoms with E-state index in [9.17, 15) is 0 Å². The molecule has 80 valence electrons. The van der Waals surface area contributed by atoms with Gasteiger partial charge in [-0.25, -0.2) is 0 Å². The van der Waals surface area contributed by atoms with Crippen LogP contribution in [0.3, 0.4) is 0 Å². The maximum Gasteiger partial charge on any atom is -0.0156 e. The molecular formula is C13H23P. The van der Waals surface area contributed by atoms with Gasteiger partial charge in [0.05, 0.1) is 0 Å². The highest BCUT2D eigenvalue weighted by Crippen LogP contribution is 2.48. The summed E-state index contributed by atoms with van der Waals surface area (Å²) in [7, 11) is 0.201. The molecule has 0 spiro atoms. The maximum atomic E-state index is 2.44. The molecule has 0 N–H and O–H groups in total. The first kappa shape index (κ1) is 12.0. The molecule has 1 heteroatoms. The van der Waals surface area contributed by atoms with Crippen LogP contribution in [0, 0.1) is 0 Å². The van der Waals surface area contributed by atoms with Crippen molar-refractivity contribution in [2.75, 3.05) is 12.3 Å². The van der Waals surface area contributed by atoms with Crippen molar-refractivity contribution in [2.45, 2.75) is 46.0 Å². The molecule has 0 aromatic carbocycles. The minimum absolute atomic E-state index is 0.201. The summed E-state index contributed by atoms with van der Waals surface area (Å²) in [6.07, 6.45) is 16.8. The van der Waals surface area contributed by atoms with Gasteiger partial charge in [-0.15, -0.1) is 0 Å². The normalized spacial score (nSPS) is 15.2. The van der Waals surface area contributed by atoms with Crippen LogP contribution in [0.25, 0.3) is 0 Å². The Morgan fingerprint density at radius 2 is 1.79 bits per heavy atom. The van der Waals surface area contributed by atoms with Crippen molar-refractivity contribution in [3.05, 3.63) is 23.5 Å². The van der Waals surface area contributed by atoms with Gasteiger partial charge in [0.2, 0.25) is 0 Å². The zero-order valence-electron chi connectivity index (χ0n) is 9.63. The number of hydrogen-bond acceptors (Lipinski definition) is 0.